The van der Waals surface area contributed by atoms with Crippen molar-refractivity contribution >= 4 is 24.0 Å². The molecule has 1 atom stereocenters. The van der Waals surface area contributed by atoms with Gasteiger partial charge in [-0.1, -0.05) is 18.5 Å². The van der Waals surface area contributed by atoms with Gasteiger partial charge in [-0.25, -0.2) is 0 Å². The summed E-state index contributed by atoms with van der Waals surface area (Å²) in [5, 5.41) is 4.00. The quantitative estimate of drug-likeness (QED) is 0.800. The second-order valence-electron chi connectivity index (χ2n) is 5.82. The summed E-state index contributed by atoms with van der Waals surface area (Å²) >= 11 is 6.39. The number of benzene rings is 1. The number of likely N-dealkylation sites (tertiary alicyclic amines) is 1. The average molecular weight is 363 g/mol. The topological polar surface area (TPSA) is 33.7 Å². The smallest absolute Gasteiger partial charge is 0.179 e. The Labute approximate surface area is 150 Å². The highest BCUT2D eigenvalue weighted by Gasteiger charge is 2.19. The molecule has 0 radical (unpaired) electrons. The molecule has 1 heterocycles. The summed E-state index contributed by atoms with van der Waals surface area (Å²) in [6.45, 7) is 5.81. The predicted octanol–water partition coefficient (Wildman–Crippen LogP) is 3.74. The van der Waals surface area contributed by atoms with E-state index in [1.807, 2.05) is 19.2 Å². The van der Waals surface area contributed by atoms with Crippen LogP contribution in [0.15, 0.2) is 12.1 Å². The predicted molar refractivity (Wildman–Crippen MR) is 98.4 cm³/mol. The maximum atomic E-state index is 6.39. The molecule has 0 aromatic heterocycles. The van der Waals surface area contributed by atoms with E-state index in [1.54, 1.807) is 7.11 Å². The van der Waals surface area contributed by atoms with Gasteiger partial charge in [0.05, 0.1) is 18.7 Å². The minimum absolute atomic E-state index is 0. The Balaban J connectivity index is 0.00000264. The average Bonchev–Trinajstić information content (AvgIpc) is 2.53. The summed E-state index contributed by atoms with van der Waals surface area (Å²) in [5.41, 5.74) is 1.17. The summed E-state index contributed by atoms with van der Waals surface area (Å²) in [6, 6.07) is 4.62. The third-order valence-electron chi connectivity index (χ3n) is 4.06. The molecule has 0 saturated carbocycles. The van der Waals surface area contributed by atoms with Gasteiger partial charge >= 0.3 is 0 Å². The van der Waals surface area contributed by atoms with E-state index in [0.29, 0.717) is 23.4 Å². The Morgan fingerprint density at radius 2 is 2.17 bits per heavy atom. The van der Waals surface area contributed by atoms with Gasteiger partial charge in [-0.2, -0.15) is 0 Å². The van der Waals surface area contributed by atoms with Crippen molar-refractivity contribution in [1.82, 2.24) is 10.2 Å². The Morgan fingerprint density at radius 3 is 2.83 bits per heavy atom. The van der Waals surface area contributed by atoms with Gasteiger partial charge in [-0.15, -0.1) is 12.4 Å². The van der Waals surface area contributed by atoms with Crippen LogP contribution in [0.4, 0.5) is 0 Å². The zero-order valence-corrected chi connectivity index (χ0v) is 15.8. The summed E-state index contributed by atoms with van der Waals surface area (Å²) in [6.07, 6.45) is 3.43. The van der Waals surface area contributed by atoms with Crippen LogP contribution in [-0.4, -0.2) is 44.8 Å². The van der Waals surface area contributed by atoms with Gasteiger partial charge in [0, 0.05) is 19.1 Å². The first-order valence-corrected chi connectivity index (χ1v) is 8.44. The lowest BCUT2D eigenvalue weighted by Gasteiger charge is -2.32. The zero-order valence-electron chi connectivity index (χ0n) is 14.2. The molecule has 2 rings (SSSR count). The summed E-state index contributed by atoms with van der Waals surface area (Å²) < 4.78 is 11.2. The van der Waals surface area contributed by atoms with E-state index in [9.17, 15) is 0 Å². The molecule has 1 aromatic rings. The fourth-order valence-corrected chi connectivity index (χ4v) is 3.19. The highest BCUT2D eigenvalue weighted by atomic mass is 35.5. The molecular formula is C17H28Cl2N2O2. The summed E-state index contributed by atoms with van der Waals surface area (Å²) in [7, 11) is 3.69. The Hall–Kier alpha value is -0.680. The lowest BCUT2D eigenvalue weighted by atomic mass is 10.0. The normalized spacial score (nSPS) is 18.3. The van der Waals surface area contributed by atoms with Crippen LogP contribution < -0.4 is 14.8 Å². The van der Waals surface area contributed by atoms with Crippen molar-refractivity contribution in [3.05, 3.63) is 22.7 Å². The number of nitrogens with one attached hydrogen (secondary N) is 1. The van der Waals surface area contributed by atoms with E-state index in [4.69, 9.17) is 21.1 Å². The second kappa shape index (κ2) is 10.2. The van der Waals surface area contributed by atoms with Crippen molar-refractivity contribution in [2.75, 3.05) is 33.9 Å². The Kier molecular flexibility index (Phi) is 9.07. The number of likely N-dealkylation sites (N-methyl/N-ethyl adjacent to an activating group) is 1. The van der Waals surface area contributed by atoms with Gasteiger partial charge in [-0.3, -0.25) is 4.90 Å². The van der Waals surface area contributed by atoms with Crippen LogP contribution in [0.25, 0.3) is 0 Å². The van der Waals surface area contributed by atoms with Crippen LogP contribution in [-0.2, 0) is 6.54 Å². The maximum absolute atomic E-state index is 6.39. The Morgan fingerprint density at radius 1 is 1.39 bits per heavy atom. The molecule has 1 aliphatic rings. The van der Waals surface area contributed by atoms with E-state index in [1.165, 1.54) is 18.4 Å². The van der Waals surface area contributed by atoms with Crippen molar-refractivity contribution in [3.8, 4) is 11.5 Å². The third-order valence-corrected chi connectivity index (χ3v) is 4.34. The molecule has 0 amide bonds. The largest absolute Gasteiger partial charge is 0.493 e. The summed E-state index contributed by atoms with van der Waals surface area (Å²) in [4.78, 5) is 2.46. The standard InChI is InChI=1S/C17H27ClN2O2.ClH/c1-4-8-22-17-15(18)9-13(10-16(17)21-3)11-20-7-5-6-14(12-20)19-2;/h9-10,14,19H,4-8,11-12H2,1-3H3;1H. The number of nitrogens with zero attached hydrogens (tertiary/aromatic N) is 1. The molecule has 0 aliphatic carbocycles. The van der Waals surface area contributed by atoms with Crippen LogP contribution in [0.2, 0.25) is 5.02 Å². The molecule has 1 N–H and O–H groups in total. The molecule has 0 bridgehead atoms. The molecule has 1 aromatic carbocycles. The minimum atomic E-state index is 0. The van der Waals surface area contributed by atoms with Gasteiger partial charge in [0.25, 0.3) is 0 Å². The van der Waals surface area contributed by atoms with Crippen LogP contribution in [0.1, 0.15) is 31.7 Å². The maximum Gasteiger partial charge on any atom is 0.179 e. The van der Waals surface area contributed by atoms with E-state index < -0.39 is 0 Å². The fraction of sp³-hybridized carbons (Fsp3) is 0.647. The van der Waals surface area contributed by atoms with Crippen LogP contribution in [0.3, 0.4) is 0 Å². The number of hydrogen-bond donors (Lipinski definition) is 1. The first-order valence-electron chi connectivity index (χ1n) is 8.06. The van der Waals surface area contributed by atoms with Crippen LogP contribution in [0, 0.1) is 0 Å². The highest BCUT2D eigenvalue weighted by Crippen LogP contribution is 2.37. The molecular weight excluding hydrogens is 335 g/mol. The molecule has 1 fully saturated rings. The highest BCUT2D eigenvalue weighted by molar-refractivity contribution is 6.32. The lowest BCUT2D eigenvalue weighted by molar-refractivity contribution is 0.187. The molecule has 1 aliphatic heterocycles. The van der Waals surface area contributed by atoms with E-state index in [2.05, 4.69) is 17.1 Å². The van der Waals surface area contributed by atoms with E-state index in [0.717, 1.165) is 31.8 Å². The SMILES string of the molecule is CCCOc1c(Cl)cc(CN2CCCC(NC)C2)cc1OC.Cl. The molecule has 1 unspecified atom stereocenters. The van der Waals surface area contributed by atoms with Crippen LogP contribution >= 0.6 is 24.0 Å². The number of hydrogen-bond acceptors (Lipinski definition) is 4. The van der Waals surface area contributed by atoms with Crippen molar-refractivity contribution in [2.24, 2.45) is 0 Å². The van der Waals surface area contributed by atoms with Crippen LogP contribution in [0.5, 0.6) is 11.5 Å². The summed E-state index contributed by atoms with van der Waals surface area (Å²) in [5.74, 6) is 1.37. The van der Waals surface area contributed by atoms with Gasteiger partial charge in [0.15, 0.2) is 11.5 Å². The molecule has 23 heavy (non-hydrogen) atoms. The second-order valence-corrected chi connectivity index (χ2v) is 6.23. The van der Waals surface area contributed by atoms with E-state index >= 15 is 0 Å². The molecule has 6 heteroatoms. The van der Waals surface area contributed by atoms with Gasteiger partial charge in [0.1, 0.15) is 0 Å². The van der Waals surface area contributed by atoms with E-state index in [-0.39, 0.29) is 12.4 Å². The molecule has 4 nitrogen and oxygen atoms in total. The van der Waals surface area contributed by atoms with Crippen molar-refractivity contribution < 1.29 is 9.47 Å². The molecule has 132 valence electrons. The molecule has 0 spiro atoms. The lowest BCUT2D eigenvalue weighted by Crippen LogP contribution is -2.43. The molecule has 1 saturated heterocycles. The number of ether oxygens (including phenoxy) is 2. The monoisotopic (exact) mass is 362 g/mol. The first-order chi connectivity index (χ1) is 10.7. The number of rotatable bonds is 7. The van der Waals surface area contributed by atoms with Gasteiger partial charge in [-0.05, 0) is 50.6 Å². The van der Waals surface area contributed by atoms with Crippen molar-refractivity contribution in [2.45, 2.75) is 38.8 Å². The third kappa shape index (κ3) is 5.71. The van der Waals surface area contributed by atoms with Crippen molar-refractivity contribution in [3.63, 3.8) is 0 Å². The number of piperidine rings is 1. The van der Waals surface area contributed by atoms with Gasteiger partial charge in [0.2, 0.25) is 0 Å². The number of methoxy groups -OCH3 is 1. The minimum Gasteiger partial charge on any atom is -0.493 e. The number of halogens is 2. The van der Waals surface area contributed by atoms with Gasteiger partial charge < -0.3 is 14.8 Å². The zero-order chi connectivity index (χ0) is 15.9. The van der Waals surface area contributed by atoms with Crippen molar-refractivity contribution in [1.29, 1.82) is 0 Å². The fourth-order valence-electron chi connectivity index (χ4n) is 2.90. The first kappa shape index (κ1) is 20.4. The Bertz CT molecular complexity index is 486.